The molecular weight excluding hydrogens is 254 g/mol. The highest BCUT2D eigenvalue weighted by molar-refractivity contribution is 8.00. The van der Waals surface area contributed by atoms with Gasteiger partial charge < -0.3 is 5.11 Å². The molecule has 0 aromatic heterocycles. The largest absolute Gasteiger partial charge is 0.481 e. The molecule has 0 aromatic carbocycles. The normalized spacial score (nSPS) is 24.1. The maximum Gasteiger partial charge on any atom is 0.305 e. The average Bonchev–Trinajstić information content (AvgIpc) is 2.28. The average molecular weight is 271 g/mol. The summed E-state index contributed by atoms with van der Waals surface area (Å²) in [6.07, 6.45) is 3.96. The van der Waals surface area contributed by atoms with Crippen LogP contribution in [-0.4, -0.2) is 44.8 Å². The second kappa shape index (κ2) is 5.30. The van der Waals surface area contributed by atoms with E-state index in [0.29, 0.717) is 12.8 Å². The van der Waals surface area contributed by atoms with Crippen LogP contribution in [0.4, 0.5) is 0 Å². The van der Waals surface area contributed by atoms with Crippen molar-refractivity contribution in [3.63, 3.8) is 0 Å². The first kappa shape index (κ1) is 13.4. The molecule has 0 atom stereocenters. The standard InChI is InChI=1S/C12H17NO4S/c14-9-7-18-8-10(15)13(9)12(6-11(16)17)4-2-1-3-5-12/h1-8H2,(H,16,17). The van der Waals surface area contributed by atoms with Crippen LogP contribution in [0.2, 0.25) is 0 Å². The van der Waals surface area contributed by atoms with Gasteiger partial charge in [-0.05, 0) is 12.8 Å². The van der Waals surface area contributed by atoms with Crippen molar-refractivity contribution in [2.45, 2.75) is 44.1 Å². The minimum Gasteiger partial charge on any atom is -0.481 e. The molecule has 2 rings (SSSR count). The van der Waals surface area contributed by atoms with Crippen LogP contribution in [0.3, 0.4) is 0 Å². The molecule has 2 amide bonds. The van der Waals surface area contributed by atoms with E-state index in [-0.39, 0.29) is 29.7 Å². The van der Waals surface area contributed by atoms with E-state index in [1.54, 1.807) is 0 Å². The number of carbonyl (C=O) groups is 3. The van der Waals surface area contributed by atoms with Crippen molar-refractivity contribution < 1.29 is 19.5 Å². The molecule has 2 aliphatic rings. The molecule has 1 saturated carbocycles. The maximum absolute atomic E-state index is 12.0. The third-order valence-electron chi connectivity index (χ3n) is 3.69. The SMILES string of the molecule is O=C(O)CC1(N2C(=O)CSCC2=O)CCCCC1. The first-order valence-corrected chi connectivity index (χ1v) is 7.36. The summed E-state index contributed by atoms with van der Waals surface area (Å²) in [4.78, 5) is 36.3. The highest BCUT2D eigenvalue weighted by Crippen LogP contribution is 2.38. The van der Waals surface area contributed by atoms with Crippen LogP contribution in [0.5, 0.6) is 0 Å². The zero-order valence-corrected chi connectivity index (χ0v) is 11.0. The van der Waals surface area contributed by atoms with E-state index in [1.165, 1.54) is 16.7 Å². The van der Waals surface area contributed by atoms with Crippen molar-refractivity contribution in [2.24, 2.45) is 0 Å². The summed E-state index contributed by atoms with van der Waals surface area (Å²) in [5, 5.41) is 9.08. The van der Waals surface area contributed by atoms with Crippen LogP contribution >= 0.6 is 11.8 Å². The Labute approximate surface area is 110 Å². The quantitative estimate of drug-likeness (QED) is 0.782. The summed E-state index contributed by atoms with van der Waals surface area (Å²) in [6.45, 7) is 0. The number of nitrogens with zero attached hydrogens (tertiary/aromatic N) is 1. The second-order valence-corrected chi connectivity index (χ2v) is 5.96. The van der Waals surface area contributed by atoms with Gasteiger partial charge in [0.2, 0.25) is 11.8 Å². The minimum absolute atomic E-state index is 0.116. The van der Waals surface area contributed by atoms with Gasteiger partial charge in [0.15, 0.2) is 0 Å². The summed E-state index contributed by atoms with van der Waals surface area (Å²) < 4.78 is 0. The molecule has 5 nitrogen and oxygen atoms in total. The van der Waals surface area contributed by atoms with Gasteiger partial charge in [-0.15, -0.1) is 11.8 Å². The van der Waals surface area contributed by atoms with Crippen LogP contribution < -0.4 is 0 Å². The molecule has 1 saturated heterocycles. The van der Waals surface area contributed by atoms with E-state index < -0.39 is 11.5 Å². The number of amides is 2. The van der Waals surface area contributed by atoms with E-state index in [4.69, 9.17) is 5.11 Å². The van der Waals surface area contributed by atoms with Gasteiger partial charge in [-0.2, -0.15) is 0 Å². The molecule has 0 spiro atoms. The lowest BCUT2D eigenvalue weighted by Crippen LogP contribution is -2.59. The van der Waals surface area contributed by atoms with E-state index >= 15 is 0 Å². The van der Waals surface area contributed by atoms with Crippen LogP contribution in [0.1, 0.15) is 38.5 Å². The summed E-state index contributed by atoms with van der Waals surface area (Å²) in [7, 11) is 0. The van der Waals surface area contributed by atoms with Crippen molar-refractivity contribution in [2.75, 3.05) is 11.5 Å². The molecule has 6 heteroatoms. The first-order chi connectivity index (χ1) is 8.55. The number of hydrogen-bond acceptors (Lipinski definition) is 4. The van der Waals surface area contributed by atoms with Crippen molar-refractivity contribution in [1.29, 1.82) is 0 Å². The lowest BCUT2D eigenvalue weighted by atomic mass is 9.77. The number of carboxylic acid groups (broad SMARTS) is 1. The monoisotopic (exact) mass is 271 g/mol. The molecule has 1 N–H and O–H groups in total. The molecular formula is C12H17NO4S. The molecule has 0 aromatic rings. The molecule has 0 unspecified atom stereocenters. The predicted octanol–water partition coefficient (Wildman–Crippen LogP) is 1.27. The zero-order chi connectivity index (χ0) is 13.2. The van der Waals surface area contributed by atoms with E-state index in [1.807, 2.05) is 0 Å². The van der Waals surface area contributed by atoms with Crippen molar-refractivity contribution in [3.05, 3.63) is 0 Å². The molecule has 0 bridgehead atoms. The Morgan fingerprint density at radius 3 is 2.22 bits per heavy atom. The number of hydrogen-bond donors (Lipinski definition) is 1. The zero-order valence-electron chi connectivity index (χ0n) is 10.2. The fourth-order valence-electron chi connectivity index (χ4n) is 2.99. The van der Waals surface area contributed by atoms with Crippen molar-refractivity contribution >= 4 is 29.5 Å². The van der Waals surface area contributed by atoms with Gasteiger partial charge in [0, 0.05) is 0 Å². The predicted molar refractivity (Wildman–Crippen MR) is 67.2 cm³/mol. The third-order valence-corrected chi connectivity index (χ3v) is 4.59. The van der Waals surface area contributed by atoms with Crippen LogP contribution in [0.25, 0.3) is 0 Å². The van der Waals surface area contributed by atoms with Crippen LogP contribution in [0.15, 0.2) is 0 Å². The van der Waals surface area contributed by atoms with Gasteiger partial charge in [0.1, 0.15) is 0 Å². The van der Waals surface area contributed by atoms with Gasteiger partial charge in [-0.1, -0.05) is 19.3 Å². The van der Waals surface area contributed by atoms with Crippen molar-refractivity contribution in [1.82, 2.24) is 4.90 Å². The van der Waals surface area contributed by atoms with Gasteiger partial charge >= 0.3 is 5.97 Å². The Morgan fingerprint density at radius 2 is 1.72 bits per heavy atom. The molecule has 1 aliphatic heterocycles. The topological polar surface area (TPSA) is 74.7 Å². The van der Waals surface area contributed by atoms with Gasteiger partial charge in [0.25, 0.3) is 0 Å². The van der Waals surface area contributed by atoms with Gasteiger partial charge in [-0.25, -0.2) is 0 Å². The molecule has 1 aliphatic carbocycles. The molecule has 0 radical (unpaired) electrons. The number of imide groups is 1. The Balaban J connectivity index is 2.28. The maximum atomic E-state index is 12.0. The van der Waals surface area contributed by atoms with E-state index in [0.717, 1.165) is 19.3 Å². The lowest BCUT2D eigenvalue weighted by molar-refractivity contribution is -0.155. The number of aliphatic carboxylic acids is 1. The van der Waals surface area contributed by atoms with Crippen LogP contribution in [-0.2, 0) is 14.4 Å². The fraction of sp³-hybridized carbons (Fsp3) is 0.750. The number of carboxylic acids is 1. The Hall–Kier alpha value is -1.04. The molecule has 100 valence electrons. The third kappa shape index (κ3) is 2.53. The number of rotatable bonds is 3. The fourth-order valence-corrected chi connectivity index (χ4v) is 3.70. The van der Waals surface area contributed by atoms with Gasteiger partial charge in [-0.3, -0.25) is 19.3 Å². The smallest absolute Gasteiger partial charge is 0.305 e. The summed E-state index contributed by atoms with van der Waals surface area (Å²) in [5.74, 6) is -0.810. The Kier molecular flexibility index (Phi) is 3.94. The summed E-state index contributed by atoms with van der Waals surface area (Å²) >= 11 is 1.31. The minimum atomic E-state index is -0.935. The number of thioether (sulfide) groups is 1. The summed E-state index contributed by atoms with van der Waals surface area (Å²) in [6, 6.07) is 0. The second-order valence-electron chi connectivity index (χ2n) is 4.97. The highest BCUT2D eigenvalue weighted by atomic mass is 32.2. The molecule has 18 heavy (non-hydrogen) atoms. The van der Waals surface area contributed by atoms with Gasteiger partial charge in [0.05, 0.1) is 23.5 Å². The van der Waals surface area contributed by atoms with Crippen molar-refractivity contribution in [3.8, 4) is 0 Å². The molecule has 2 fully saturated rings. The van der Waals surface area contributed by atoms with E-state index in [2.05, 4.69) is 0 Å². The molecule has 1 heterocycles. The number of carbonyl (C=O) groups excluding carboxylic acids is 2. The first-order valence-electron chi connectivity index (χ1n) is 6.21. The Morgan fingerprint density at radius 1 is 1.17 bits per heavy atom. The summed E-state index contributed by atoms with van der Waals surface area (Å²) in [5.41, 5.74) is -0.765. The van der Waals surface area contributed by atoms with Crippen LogP contribution in [0, 0.1) is 0 Å². The Bertz CT molecular complexity index is 360. The van der Waals surface area contributed by atoms with E-state index in [9.17, 15) is 14.4 Å². The highest BCUT2D eigenvalue weighted by Gasteiger charge is 2.46. The lowest BCUT2D eigenvalue weighted by Gasteiger charge is -2.45.